The summed E-state index contributed by atoms with van der Waals surface area (Å²) in [7, 11) is 0. The Bertz CT molecular complexity index is 864. The SMILES string of the molecule is C=C(C)/N=C(\C)c1nnc2n1CCN(C(=O)c1cccc(C)c1)[C@@H]2C. The van der Waals surface area contributed by atoms with E-state index in [2.05, 4.69) is 21.8 Å². The number of carbonyl (C=O) groups excluding carboxylic acids is 1. The largest absolute Gasteiger partial charge is 0.327 e. The highest BCUT2D eigenvalue weighted by Gasteiger charge is 2.32. The van der Waals surface area contributed by atoms with Gasteiger partial charge in [0, 0.05) is 24.4 Å². The Hall–Kier alpha value is -2.76. The zero-order valence-electron chi connectivity index (χ0n) is 15.2. The molecule has 25 heavy (non-hydrogen) atoms. The van der Waals surface area contributed by atoms with E-state index in [9.17, 15) is 4.79 Å². The number of aromatic nitrogens is 3. The van der Waals surface area contributed by atoms with Crippen LogP contribution in [0.3, 0.4) is 0 Å². The molecule has 0 bridgehead atoms. The first-order chi connectivity index (χ1) is 11.9. The van der Waals surface area contributed by atoms with Crippen molar-refractivity contribution in [2.45, 2.75) is 40.3 Å². The summed E-state index contributed by atoms with van der Waals surface area (Å²) in [6.07, 6.45) is 0. The van der Waals surface area contributed by atoms with E-state index < -0.39 is 0 Å². The third-order valence-electron chi connectivity index (χ3n) is 4.39. The van der Waals surface area contributed by atoms with Crippen LogP contribution in [0.1, 0.15) is 54.4 Å². The molecular formula is C19H23N5O. The van der Waals surface area contributed by atoms with Gasteiger partial charge in [0.15, 0.2) is 11.6 Å². The molecule has 6 heteroatoms. The maximum Gasteiger partial charge on any atom is 0.254 e. The highest BCUT2D eigenvalue weighted by atomic mass is 16.2. The number of benzene rings is 1. The van der Waals surface area contributed by atoms with Crippen LogP contribution in [0.5, 0.6) is 0 Å². The molecule has 0 radical (unpaired) electrons. The molecule has 0 spiro atoms. The maximum atomic E-state index is 12.9. The molecule has 130 valence electrons. The van der Waals surface area contributed by atoms with Gasteiger partial charge in [0.05, 0.1) is 11.8 Å². The molecule has 1 atom stereocenters. The summed E-state index contributed by atoms with van der Waals surface area (Å²) in [5.74, 6) is 1.56. The van der Waals surface area contributed by atoms with Crippen LogP contribution in [0.2, 0.25) is 0 Å². The fourth-order valence-electron chi connectivity index (χ4n) is 3.21. The second-order valence-electron chi connectivity index (χ2n) is 6.51. The van der Waals surface area contributed by atoms with Gasteiger partial charge in [-0.15, -0.1) is 10.2 Å². The maximum absolute atomic E-state index is 12.9. The topological polar surface area (TPSA) is 63.4 Å². The molecular weight excluding hydrogens is 314 g/mol. The van der Waals surface area contributed by atoms with Crippen LogP contribution < -0.4 is 0 Å². The van der Waals surface area contributed by atoms with Crippen molar-refractivity contribution in [3.8, 4) is 0 Å². The van der Waals surface area contributed by atoms with Crippen LogP contribution in [0.4, 0.5) is 0 Å². The molecule has 2 heterocycles. The third-order valence-corrected chi connectivity index (χ3v) is 4.39. The van der Waals surface area contributed by atoms with Crippen LogP contribution in [0.25, 0.3) is 0 Å². The van der Waals surface area contributed by atoms with E-state index in [-0.39, 0.29) is 11.9 Å². The Labute approximate surface area is 147 Å². The average molecular weight is 337 g/mol. The predicted octanol–water partition coefficient (Wildman–Crippen LogP) is 3.15. The van der Waals surface area contributed by atoms with Crippen molar-refractivity contribution in [2.75, 3.05) is 6.54 Å². The van der Waals surface area contributed by atoms with Gasteiger partial charge in [-0.2, -0.15) is 0 Å². The summed E-state index contributed by atoms with van der Waals surface area (Å²) in [6.45, 7) is 12.8. The monoisotopic (exact) mass is 337 g/mol. The van der Waals surface area contributed by atoms with Crippen LogP contribution in [0.15, 0.2) is 41.5 Å². The van der Waals surface area contributed by atoms with E-state index in [0.29, 0.717) is 18.7 Å². The molecule has 0 N–H and O–H groups in total. The minimum absolute atomic E-state index is 0.0272. The molecule has 1 aliphatic heterocycles. The molecule has 0 saturated carbocycles. The summed E-state index contributed by atoms with van der Waals surface area (Å²) in [5.41, 5.74) is 3.31. The number of hydrogen-bond donors (Lipinski definition) is 0. The molecule has 0 saturated heterocycles. The third kappa shape index (κ3) is 3.24. The number of aliphatic imine (C=N–C) groups is 1. The second kappa shape index (κ2) is 6.63. The van der Waals surface area contributed by atoms with Gasteiger partial charge < -0.3 is 9.47 Å². The molecule has 6 nitrogen and oxygen atoms in total. The number of nitrogens with zero attached hydrogens (tertiary/aromatic N) is 5. The van der Waals surface area contributed by atoms with Gasteiger partial charge in [-0.1, -0.05) is 24.3 Å². The zero-order valence-corrected chi connectivity index (χ0v) is 15.2. The van der Waals surface area contributed by atoms with Crippen LogP contribution >= 0.6 is 0 Å². The number of hydrogen-bond acceptors (Lipinski definition) is 4. The van der Waals surface area contributed by atoms with Crippen LogP contribution in [-0.2, 0) is 6.54 Å². The predicted molar refractivity (Wildman–Crippen MR) is 97.7 cm³/mol. The fourth-order valence-corrected chi connectivity index (χ4v) is 3.21. The summed E-state index contributed by atoms with van der Waals surface area (Å²) in [4.78, 5) is 19.1. The Morgan fingerprint density at radius 2 is 2.04 bits per heavy atom. The van der Waals surface area contributed by atoms with Crippen molar-refractivity contribution in [3.63, 3.8) is 0 Å². The van der Waals surface area contributed by atoms with Crippen LogP contribution in [0, 0.1) is 6.92 Å². The molecule has 1 aromatic carbocycles. The van der Waals surface area contributed by atoms with Gasteiger partial charge in [-0.3, -0.25) is 9.79 Å². The highest BCUT2D eigenvalue weighted by molar-refractivity contribution is 5.96. The molecule has 0 fully saturated rings. The Morgan fingerprint density at radius 3 is 2.72 bits per heavy atom. The normalized spacial score (nSPS) is 17.4. The van der Waals surface area contributed by atoms with E-state index in [4.69, 9.17) is 0 Å². The van der Waals surface area contributed by atoms with E-state index in [0.717, 1.165) is 28.6 Å². The standard InChI is InChI=1S/C19H23N5O/c1-12(2)20-14(4)17-21-22-18-15(5)23(9-10-24(17)18)19(25)16-8-6-7-13(3)11-16/h6-8,11,15H,1,9-10H2,2-5H3/b20-14+/t15-/m1/s1. The van der Waals surface area contributed by atoms with E-state index in [1.165, 1.54) is 0 Å². The minimum Gasteiger partial charge on any atom is -0.327 e. The summed E-state index contributed by atoms with van der Waals surface area (Å²) < 4.78 is 2.05. The van der Waals surface area contributed by atoms with Crippen molar-refractivity contribution < 1.29 is 4.79 Å². The number of rotatable bonds is 3. The number of carbonyl (C=O) groups is 1. The molecule has 1 amide bonds. The summed E-state index contributed by atoms with van der Waals surface area (Å²) >= 11 is 0. The lowest BCUT2D eigenvalue weighted by molar-refractivity contribution is 0.0637. The number of amides is 1. The number of allylic oxidation sites excluding steroid dienone is 1. The fraction of sp³-hybridized carbons (Fsp3) is 0.368. The lowest BCUT2D eigenvalue weighted by atomic mass is 10.1. The number of fused-ring (bicyclic) bond motifs is 1. The lowest BCUT2D eigenvalue weighted by Crippen LogP contribution is -2.41. The van der Waals surface area contributed by atoms with Gasteiger partial charge in [0.25, 0.3) is 5.91 Å². The molecule has 2 aromatic rings. The summed E-state index contributed by atoms with van der Waals surface area (Å²) in [6, 6.07) is 7.54. The van der Waals surface area contributed by atoms with Gasteiger partial charge in [0.1, 0.15) is 0 Å². The van der Waals surface area contributed by atoms with Crippen LogP contribution in [-0.4, -0.2) is 37.8 Å². The first-order valence-corrected chi connectivity index (χ1v) is 8.40. The molecule has 0 unspecified atom stereocenters. The average Bonchev–Trinajstić information content (AvgIpc) is 2.99. The molecule has 0 aliphatic carbocycles. The molecule has 3 rings (SSSR count). The Morgan fingerprint density at radius 1 is 1.28 bits per heavy atom. The highest BCUT2D eigenvalue weighted by Crippen LogP contribution is 2.26. The second-order valence-corrected chi connectivity index (χ2v) is 6.51. The van der Waals surface area contributed by atoms with Gasteiger partial charge in [-0.25, -0.2) is 0 Å². The molecule has 1 aliphatic rings. The zero-order chi connectivity index (χ0) is 18.1. The van der Waals surface area contributed by atoms with E-state index >= 15 is 0 Å². The van der Waals surface area contributed by atoms with E-state index in [1.807, 2.05) is 61.4 Å². The lowest BCUT2D eigenvalue weighted by Gasteiger charge is -2.33. The molecule has 1 aromatic heterocycles. The van der Waals surface area contributed by atoms with Crippen molar-refractivity contribution in [3.05, 3.63) is 59.3 Å². The van der Waals surface area contributed by atoms with Gasteiger partial charge >= 0.3 is 0 Å². The van der Waals surface area contributed by atoms with E-state index in [1.54, 1.807) is 0 Å². The van der Waals surface area contributed by atoms with Crippen molar-refractivity contribution in [1.29, 1.82) is 0 Å². The van der Waals surface area contributed by atoms with Crippen molar-refractivity contribution in [2.24, 2.45) is 4.99 Å². The Balaban J connectivity index is 1.90. The smallest absolute Gasteiger partial charge is 0.254 e. The van der Waals surface area contributed by atoms with Gasteiger partial charge in [0.2, 0.25) is 0 Å². The van der Waals surface area contributed by atoms with Crippen molar-refractivity contribution >= 4 is 11.6 Å². The summed E-state index contributed by atoms with van der Waals surface area (Å²) in [5, 5.41) is 8.60. The minimum atomic E-state index is -0.138. The Kier molecular flexibility index (Phi) is 4.53. The van der Waals surface area contributed by atoms with Gasteiger partial charge in [-0.05, 0) is 39.8 Å². The van der Waals surface area contributed by atoms with Crippen molar-refractivity contribution in [1.82, 2.24) is 19.7 Å². The number of aryl methyl sites for hydroxylation is 1. The quantitative estimate of drug-likeness (QED) is 0.808. The first kappa shape index (κ1) is 17.1. The first-order valence-electron chi connectivity index (χ1n) is 8.40.